The molecule has 2 aromatic heterocycles. The van der Waals surface area contributed by atoms with Crippen LogP contribution in [0.4, 0.5) is 0 Å². The number of aromatic nitrogens is 4. The Morgan fingerprint density at radius 3 is 2.36 bits per heavy atom. The molecule has 4 aromatic rings. The van der Waals surface area contributed by atoms with Crippen LogP contribution in [-0.4, -0.2) is 24.4 Å². The first kappa shape index (κ1) is 18.1. The average molecular weight is 374 g/mol. The number of hydrogen-bond donors (Lipinski definition) is 1. The third-order valence-corrected chi connectivity index (χ3v) is 5.16. The molecule has 0 aliphatic carbocycles. The topological polar surface area (TPSA) is 72.9 Å². The minimum absolute atomic E-state index is 0.187. The van der Waals surface area contributed by atoms with Crippen molar-refractivity contribution >= 4 is 11.0 Å². The van der Waals surface area contributed by atoms with Crippen molar-refractivity contribution in [1.82, 2.24) is 19.3 Å². The van der Waals surface area contributed by atoms with Crippen LogP contribution in [0.1, 0.15) is 22.4 Å². The summed E-state index contributed by atoms with van der Waals surface area (Å²) < 4.78 is 3.26. The standard InChI is InChI=1S/C22H22N4O2/c1-13-5-7-16(8-6-13)26-17(12-27)11-19(24-26)21-22(28)25(4)20-10-15(3)14(2)9-18(20)23-21/h5-11,27H,12H2,1-4H3. The van der Waals surface area contributed by atoms with Gasteiger partial charge in [0.2, 0.25) is 0 Å². The Kier molecular flexibility index (Phi) is 4.35. The predicted octanol–water partition coefficient (Wildman–Crippen LogP) is 3.20. The average Bonchev–Trinajstić information content (AvgIpc) is 3.11. The van der Waals surface area contributed by atoms with Crippen LogP contribution < -0.4 is 5.56 Å². The molecule has 0 atom stereocenters. The molecule has 0 aliphatic rings. The highest BCUT2D eigenvalue weighted by molar-refractivity contribution is 5.79. The number of benzene rings is 2. The fourth-order valence-corrected chi connectivity index (χ4v) is 3.30. The second-order valence-electron chi connectivity index (χ2n) is 7.18. The number of hydrogen-bond acceptors (Lipinski definition) is 4. The number of nitrogens with zero attached hydrogens (tertiary/aromatic N) is 4. The number of aliphatic hydroxyl groups excluding tert-OH is 1. The maximum atomic E-state index is 13.0. The summed E-state index contributed by atoms with van der Waals surface area (Å²) in [6, 6.07) is 13.5. The molecule has 2 aromatic carbocycles. The van der Waals surface area contributed by atoms with E-state index in [9.17, 15) is 9.90 Å². The molecule has 0 spiro atoms. The zero-order chi connectivity index (χ0) is 20.0. The molecule has 0 bridgehead atoms. The Morgan fingerprint density at radius 1 is 1.00 bits per heavy atom. The van der Waals surface area contributed by atoms with Crippen LogP contribution in [0.25, 0.3) is 28.1 Å². The molecule has 2 heterocycles. The molecule has 1 N–H and O–H groups in total. The summed E-state index contributed by atoms with van der Waals surface area (Å²) in [5.41, 5.74) is 6.84. The van der Waals surface area contributed by atoms with Crippen molar-refractivity contribution in [3.8, 4) is 17.1 Å². The number of aliphatic hydroxyl groups is 1. The van der Waals surface area contributed by atoms with Crippen molar-refractivity contribution in [2.75, 3.05) is 0 Å². The third kappa shape index (κ3) is 2.92. The van der Waals surface area contributed by atoms with Crippen LogP contribution in [0.5, 0.6) is 0 Å². The Morgan fingerprint density at radius 2 is 1.68 bits per heavy atom. The highest BCUT2D eigenvalue weighted by atomic mass is 16.3. The van der Waals surface area contributed by atoms with E-state index in [-0.39, 0.29) is 17.9 Å². The predicted molar refractivity (Wildman–Crippen MR) is 110 cm³/mol. The van der Waals surface area contributed by atoms with Crippen molar-refractivity contribution in [3.05, 3.63) is 75.2 Å². The first-order chi connectivity index (χ1) is 13.4. The molecule has 0 saturated carbocycles. The van der Waals surface area contributed by atoms with Gasteiger partial charge in [0.1, 0.15) is 5.69 Å². The second kappa shape index (κ2) is 6.73. The first-order valence-corrected chi connectivity index (χ1v) is 9.14. The van der Waals surface area contributed by atoms with Gasteiger partial charge in [0.05, 0.1) is 29.0 Å². The van der Waals surface area contributed by atoms with E-state index in [0.29, 0.717) is 11.4 Å². The summed E-state index contributed by atoms with van der Waals surface area (Å²) in [5, 5.41) is 14.4. The summed E-state index contributed by atoms with van der Waals surface area (Å²) in [6.07, 6.45) is 0. The van der Waals surface area contributed by atoms with Gasteiger partial charge in [-0.15, -0.1) is 0 Å². The lowest BCUT2D eigenvalue weighted by Crippen LogP contribution is -2.21. The molecule has 4 rings (SSSR count). The van der Waals surface area contributed by atoms with Crippen LogP contribution in [0.15, 0.2) is 47.3 Å². The van der Waals surface area contributed by atoms with Gasteiger partial charge in [-0.2, -0.15) is 5.10 Å². The summed E-state index contributed by atoms with van der Waals surface area (Å²) in [6.45, 7) is 5.87. The van der Waals surface area contributed by atoms with Gasteiger partial charge < -0.3 is 9.67 Å². The van der Waals surface area contributed by atoms with Gasteiger partial charge in [-0.25, -0.2) is 9.67 Å². The monoisotopic (exact) mass is 374 g/mol. The van der Waals surface area contributed by atoms with Gasteiger partial charge in [-0.1, -0.05) is 17.7 Å². The lowest BCUT2D eigenvalue weighted by Gasteiger charge is -2.09. The van der Waals surface area contributed by atoms with Crippen molar-refractivity contribution in [2.45, 2.75) is 27.4 Å². The number of aryl methyl sites for hydroxylation is 4. The van der Waals surface area contributed by atoms with E-state index >= 15 is 0 Å². The summed E-state index contributed by atoms with van der Waals surface area (Å²) in [4.78, 5) is 17.6. The van der Waals surface area contributed by atoms with Crippen LogP contribution in [0.2, 0.25) is 0 Å². The van der Waals surface area contributed by atoms with Gasteiger partial charge in [0, 0.05) is 7.05 Å². The van der Waals surface area contributed by atoms with E-state index in [1.54, 1.807) is 22.4 Å². The molecule has 28 heavy (non-hydrogen) atoms. The van der Waals surface area contributed by atoms with E-state index in [1.807, 2.05) is 57.2 Å². The molecule has 0 saturated heterocycles. The fourth-order valence-electron chi connectivity index (χ4n) is 3.30. The van der Waals surface area contributed by atoms with Crippen molar-refractivity contribution in [3.63, 3.8) is 0 Å². The highest BCUT2D eigenvalue weighted by Crippen LogP contribution is 2.22. The lowest BCUT2D eigenvalue weighted by molar-refractivity contribution is 0.273. The van der Waals surface area contributed by atoms with E-state index in [0.717, 1.165) is 33.4 Å². The molecular formula is C22H22N4O2. The maximum absolute atomic E-state index is 13.0. The van der Waals surface area contributed by atoms with Crippen LogP contribution in [0.3, 0.4) is 0 Å². The SMILES string of the molecule is Cc1ccc(-n2nc(-c3nc4cc(C)c(C)cc4n(C)c3=O)cc2CO)cc1. The fraction of sp³-hybridized carbons (Fsp3) is 0.227. The summed E-state index contributed by atoms with van der Waals surface area (Å²) >= 11 is 0. The Bertz CT molecular complexity index is 1250. The quantitative estimate of drug-likeness (QED) is 0.598. The Hall–Kier alpha value is -3.25. The Balaban J connectivity index is 1.93. The van der Waals surface area contributed by atoms with Crippen LogP contribution in [-0.2, 0) is 13.7 Å². The molecule has 6 nitrogen and oxygen atoms in total. The molecule has 0 unspecified atom stereocenters. The summed E-state index contributed by atoms with van der Waals surface area (Å²) in [7, 11) is 1.74. The second-order valence-corrected chi connectivity index (χ2v) is 7.18. The van der Waals surface area contributed by atoms with E-state index in [2.05, 4.69) is 10.1 Å². The van der Waals surface area contributed by atoms with Gasteiger partial charge in [-0.3, -0.25) is 4.79 Å². The van der Waals surface area contributed by atoms with Crippen LogP contribution in [0, 0.1) is 20.8 Å². The zero-order valence-electron chi connectivity index (χ0n) is 16.4. The molecule has 6 heteroatoms. The number of fused-ring (bicyclic) bond motifs is 1. The van der Waals surface area contributed by atoms with E-state index in [1.165, 1.54) is 0 Å². The zero-order valence-corrected chi connectivity index (χ0v) is 16.4. The van der Waals surface area contributed by atoms with Gasteiger partial charge in [-0.05, 0) is 62.2 Å². The van der Waals surface area contributed by atoms with E-state index < -0.39 is 0 Å². The molecule has 0 radical (unpaired) electrons. The van der Waals surface area contributed by atoms with E-state index in [4.69, 9.17) is 0 Å². The maximum Gasteiger partial charge on any atom is 0.279 e. The molecule has 0 amide bonds. The third-order valence-electron chi connectivity index (χ3n) is 5.16. The highest BCUT2D eigenvalue weighted by Gasteiger charge is 2.17. The normalized spacial score (nSPS) is 11.3. The summed E-state index contributed by atoms with van der Waals surface area (Å²) in [5.74, 6) is 0. The molecule has 0 aliphatic heterocycles. The first-order valence-electron chi connectivity index (χ1n) is 9.14. The number of rotatable bonds is 3. The molecule has 142 valence electrons. The van der Waals surface area contributed by atoms with Crippen molar-refractivity contribution in [1.29, 1.82) is 0 Å². The van der Waals surface area contributed by atoms with Gasteiger partial charge >= 0.3 is 0 Å². The smallest absolute Gasteiger partial charge is 0.279 e. The van der Waals surface area contributed by atoms with Gasteiger partial charge in [0.25, 0.3) is 5.56 Å². The minimum atomic E-state index is -0.214. The minimum Gasteiger partial charge on any atom is -0.390 e. The largest absolute Gasteiger partial charge is 0.390 e. The Labute approximate surface area is 162 Å². The van der Waals surface area contributed by atoms with Crippen molar-refractivity contribution in [2.24, 2.45) is 7.05 Å². The lowest BCUT2D eigenvalue weighted by atomic mass is 10.1. The van der Waals surface area contributed by atoms with Gasteiger partial charge in [0.15, 0.2) is 5.69 Å². The van der Waals surface area contributed by atoms with Crippen LogP contribution >= 0.6 is 0 Å². The van der Waals surface area contributed by atoms with Crippen molar-refractivity contribution < 1.29 is 5.11 Å². The molecular weight excluding hydrogens is 352 g/mol. The molecule has 0 fully saturated rings.